The smallest absolute Gasteiger partial charge is 0.176 e. The lowest BCUT2D eigenvalue weighted by molar-refractivity contribution is 0.0946. The number of benzene rings is 2. The van der Waals surface area contributed by atoms with Crippen molar-refractivity contribution >= 4 is 5.78 Å². The number of carbonyl (C=O) groups excluding carboxylic acids is 1. The quantitative estimate of drug-likeness (QED) is 0.661. The minimum atomic E-state index is 0.126. The highest BCUT2D eigenvalue weighted by molar-refractivity contribution is 5.97. The van der Waals surface area contributed by atoms with Crippen LogP contribution in [0.3, 0.4) is 0 Å². The minimum absolute atomic E-state index is 0.126. The highest BCUT2D eigenvalue weighted by Crippen LogP contribution is 2.14. The Bertz CT molecular complexity index is 652. The van der Waals surface area contributed by atoms with Crippen LogP contribution in [0.5, 0.6) is 11.5 Å². The van der Waals surface area contributed by atoms with Crippen LogP contribution in [-0.2, 0) is 6.42 Å². The maximum atomic E-state index is 12.3. The van der Waals surface area contributed by atoms with E-state index < -0.39 is 0 Å². The topological polar surface area (TPSA) is 38.8 Å². The van der Waals surface area contributed by atoms with Crippen LogP contribution < -0.4 is 9.47 Å². The number of aryl methyl sites for hydroxylation is 1. The predicted octanol–water partition coefficient (Wildman–Crippen LogP) is 3.45. The van der Waals surface area contributed by atoms with Gasteiger partial charge in [0.25, 0.3) is 0 Å². The number of hydrogen-bond acceptors (Lipinski definition) is 4. The van der Waals surface area contributed by atoms with Gasteiger partial charge in [0.15, 0.2) is 5.78 Å². The molecule has 4 heteroatoms. The van der Waals surface area contributed by atoms with E-state index in [4.69, 9.17) is 9.47 Å². The third kappa shape index (κ3) is 5.39. The van der Waals surface area contributed by atoms with Crippen molar-refractivity contribution in [3.63, 3.8) is 0 Å². The molecule has 2 rings (SSSR count). The van der Waals surface area contributed by atoms with E-state index in [1.165, 1.54) is 5.56 Å². The van der Waals surface area contributed by atoms with E-state index in [9.17, 15) is 4.79 Å². The molecule has 2 aromatic carbocycles. The Labute approximate surface area is 144 Å². The molecule has 0 unspecified atom stereocenters. The number of carbonyl (C=O) groups is 1. The summed E-state index contributed by atoms with van der Waals surface area (Å²) in [5, 5.41) is 0. The Balaban J connectivity index is 1.77. The molecule has 0 radical (unpaired) electrons. The first-order valence-electron chi connectivity index (χ1n) is 8.11. The summed E-state index contributed by atoms with van der Waals surface area (Å²) < 4.78 is 10.3. The van der Waals surface area contributed by atoms with Gasteiger partial charge in [-0.2, -0.15) is 0 Å². The van der Waals surface area contributed by atoms with Gasteiger partial charge in [0.1, 0.15) is 11.5 Å². The van der Waals surface area contributed by atoms with Gasteiger partial charge in [-0.25, -0.2) is 0 Å². The number of ether oxygens (including phenoxy) is 2. The van der Waals surface area contributed by atoms with Crippen molar-refractivity contribution in [3.05, 3.63) is 59.7 Å². The Hall–Kier alpha value is -2.33. The summed E-state index contributed by atoms with van der Waals surface area (Å²) >= 11 is 0. The van der Waals surface area contributed by atoms with E-state index in [2.05, 4.69) is 17.0 Å². The summed E-state index contributed by atoms with van der Waals surface area (Å²) in [5.74, 6) is 1.77. The van der Waals surface area contributed by atoms with Crippen LogP contribution in [0.25, 0.3) is 0 Å². The number of methoxy groups -OCH3 is 2. The Morgan fingerprint density at radius 3 is 2.38 bits per heavy atom. The van der Waals surface area contributed by atoms with Crippen molar-refractivity contribution < 1.29 is 14.3 Å². The molecule has 0 spiro atoms. The van der Waals surface area contributed by atoms with Gasteiger partial charge in [-0.3, -0.25) is 9.69 Å². The van der Waals surface area contributed by atoms with Crippen LogP contribution in [0.1, 0.15) is 22.3 Å². The van der Waals surface area contributed by atoms with Crippen molar-refractivity contribution in [1.82, 2.24) is 4.90 Å². The van der Waals surface area contributed by atoms with Crippen LogP contribution in [0.4, 0.5) is 0 Å². The molecule has 2 aromatic rings. The number of hydrogen-bond donors (Lipinski definition) is 0. The Morgan fingerprint density at radius 1 is 1.00 bits per heavy atom. The summed E-state index contributed by atoms with van der Waals surface area (Å²) in [4.78, 5) is 14.3. The second kappa shape index (κ2) is 9.08. The molecule has 0 bridgehead atoms. The number of rotatable bonds is 9. The molecule has 0 aliphatic rings. The van der Waals surface area contributed by atoms with E-state index in [1.54, 1.807) is 14.2 Å². The van der Waals surface area contributed by atoms with Crippen LogP contribution in [0.15, 0.2) is 48.5 Å². The van der Waals surface area contributed by atoms with Gasteiger partial charge < -0.3 is 9.47 Å². The lowest BCUT2D eigenvalue weighted by Gasteiger charge is -2.16. The molecule has 0 amide bonds. The lowest BCUT2D eigenvalue weighted by Crippen LogP contribution is -2.27. The maximum Gasteiger partial charge on any atom is 0.176 e. The lowest BCUT2D eigenvalue weighted by atomic mass is 10.1. The molecule has 0 heterocycles. The largest absolute Gasteiger partial charge is 0.497 e. The van der Waals surface area contributed by atoms with Crippen molar-refractivity contribution in [2.75, 3.05) is 34.4 Å². The zero-order valence-corrected chi connectivity index (χ0v) is 14.6. The molecule has 0 fully saturated rings. The fourth-order valence-corrected chi connectivity index (χ4v) is 2.57. The van der Waals surface area contributed by atoms with E-state index in [0.717, 1.165) is 36.4 Å². The van der Waals surface area contributed by atoms with Gasteiger partial charge in [-0.05, 0) is 68.4 Å². The molecule has 0 atom stereocenters. The molecule has 24 heavy (non-hydrogen) atoms. The normalized spacial score (nSPS) is 10.7. The molecular formula is C20H25NO3. The Kier molecular flexibility index (Phi) is 6.82. The summed E-state index contributed by atoms with van der Waals surface area (Å²) in [7, 11) is 5.28. The second-order valence-electron chi connectivity index (χ2n) is 5.84. The van der Waals surface area contributed by atoms with Gasteiger partial charge in [-0.15, -0.1) is 0 Å². The average molecular weight is 327 g/mol. The fraction of sp³-hybridized carbons (Fsp3) is 0.350. The third-order valence-electron chi connectivity index (χ3n) is 3.96. The van der Waals surface area contributed by atoms with E-state index in [-0.39, 0.29) is 5.78 Å². The van der Waals surface area contributed by atoms with Crippen molar-refractivity contribution in [3.8, 4) is 11.5 Å². The SMILES string of the molecule is COc1ccc(C(=O)CN(C)CCCc2cccc(OC)c2)cc1. The number of Topliss-reactive ketones (excluding diaryl/α,β-unsaturated/α-hetero) is 1. The summed E-state index contributed by atoms with van der Waals surface area (Å²) in [6, 6.07) is 15.4. The number of likely N-dealkylation sites (N-methyl/N-ethyl adjacent to an activating group) is 1. The summed E-state index contributed by atoms with van der Waals surface area (Å²) in [6.07, 6.45) is 1.97. The fourth-order valence-electron chi connectivity index (χ4n) is 2.57. The van der Waals surface area contributed by atoms with Crippen molar-refractivity contribution in [2.24, 2.45) is 0 Å². The summed E-state index contributed by atoms with van der Waals surface area (Å²) in [6.45, 7) is 1.30. The van der Waals surface area contributed by atoms with Gasteiger partial charge in [0.05, 0.1) is 20.8 Å². The highest BCUT2D eigenvalue weighted by atomic mass is 16.5. The first-order chi connectivity index (χ1) is 11.6. The highest BCUT2D eigenvalue weighted by Gasteiger charge is 2.09. The predicted molar refractivity (Wildman–Crippen MR) is 96.1 cm³/mol. The number of ketones is 1. The minimum Gasteiger partial charge on any atom is -0.497 e. The monoisotopic (exact) mass is 327 g/mol. The Morgan fingerprint density at radius 2 is 1.71 bits per heavy atom. The molecule has 4 nitrogen and oxygen atoms in total. The maximum absolute atomic E-state index is 12.3. The molecule has 0 aromatic heterocycles. The van der Waals surface area contributed by atoms with E-state index in [1.807, 2.05) is 43.4 Å². The summed E-state index contributed by atoms with van der Waals surface area (Å²) in [5.41, 5.74) is 1.97. The van der Waals surface area contributed by atoms with Crippen LogP contribution >= 0.6 is 0 Å². The van der Waals surface area contributed by atoms with Crippen molar-refractivity contribution in [1.29, 1.82) is 0 Å². The zero-order valence-electron chi connectivity index (χ0n) is 14.6. The molecule has 0 aliphatic heterocycles. The number of nitrogens with zero attached hydrogens (tertiary/aromatic N) is 1. The second-order valence-corrected chi connectivity index (χ2v) is 5.84. The molecular weight excluding hydrogens is 302 g/mol. The molecule has 128 valence electrons. The van der Waals surface area contributed by atoms with Gasteiger partial charge in [-0.1, -0.05) is 12.1 Å². The van der Waals surface area contributed by atoms with Crippen LogP contribution in [0, 0.1) is 0 Å². The first-order valence-corrected chi connectivity index (χ1v) is 8.11. The van der Waals surface area contributed by atoms with E-state index in [0.29, 0.717) is 6.54 Å². The molecule has 0 aliphatic carbocycles. The average Bonchev–Trinajstić information content (AvgIpc) is 2.62. The van der Waals surface area contributed by atoms with E-state index >= 15 is 0 Å². The van der Waals surface area contributed by atoms with Gasteiger partial charge in [0, 0.05) is 5.56 Å². The van der Waals surface area contributed by atoms with Crippen LogP contribution in [-0.4, -0.2) is 45.0 Å². The first kappa shape index (κ1) is 18.0. The van der Waals surface area contributed by atoms with Crippen molar-refractivity contribution in [2.45, 2.75) is 12.8 Å². The molecule has 0 saturated carbocycles. The third-order valence-corrected chi connectivity index (χ3v) is 3.96. The standard InChI is InChI=1S/C20H25NO3/c1-21(13-5-7-16-6-4-8-19(14-16)24-3)15-20(22)17-9-11-18(23-2)12-10-17/h4,6,8-12,14H,5,7,13,15H2,1-3H3. The molecule has 0 N–H and O–H groups in total. The molecule has 0 saturated heterocycles. The van der Waals surface area contributed by atoms with Crippen LogP contribution in [0.2, 0.25) is 0 Å². The van der Waals surface area contributed by atoms with Gasteiger partial charge >= 0.3 is 0 Å². The van der Waals surface area contributed by atoms with Gasteiger partial charge in [0.2, 0.25) is 0 Å². The zero-order chi connectivity index (χ0) is 17.4.